The van der Waals surface area contributed by atoms with Crippen LogP contribution >= 0.6 is 15.9 Å². The van der Waals surface area contributed by atoms with E-state index in [1.54, 1.807) is 6.07 Å². The maximum Gasteiger partial charge on any atom is 0.250 e. The molecule has 18 heavy (non-hydrogen) atoms. The summed E-state index contributed by atoms with van der Waals surface area (Å²) in [5.41, 5.74) is 6.88. The highest BCUT2D eigenvalue weighted by Gasteiger charge is 2.18. The molecule has 1 aliphatic heterocycles. The number of nitrogens with zero attached hydrogens (tertiary/aromatic N) is 1. The molecule has 0 bridgehead atoms. The topological polar surface area (TPSA) is 58.4 Å². The summed E-state index contributed by atoms with van der Waals surface area (Å²) in [4.78, 5) is 13.6. The van der Waals surface area contributed by atoms with Crippen molar-refractivity contribution in [3.8, 4) is 0 Å². The number of nitrogens with two attached hydrogens (primary N) is 1. The average Bonchev–Trinajstić information content (AvgIpc) is 2.81. The van der Waals surface area contributed by atoms with Gasteiger partial charge in [-0.2, -0.15) is 0 Å². The lowest BCUT2D eigenvalue weighted by molar-refractivity contribution is 0.100. The Hall–Kier alpha value is -1.07. The van der Waals surface area contributed by atoms with E-state index >= 15 is 0 Å². The first-order valence-corrected chi connectivity index (χ1v) is 6.91. The molecule has 1 amide bonds. The van der Waals surface area contributed by atoms with Crippen LogP contribution in [0.4, 0.5) is 5.69 Å². The largest absolute Gasteiger partial charge is 0.372 e. The van der Waals surface area contributed by atoms with Gasteiger partial charge >= 0.3 is 0 Å². The Morgan fingerprint density at radius 1 is 1.61 bits per heavy atom. The van der Waals surface area contributed by atoms with E-state index in [9.17, 15) is 4.79 Å². The molecule has 0 aromatic heterocycles. The molecule has 1 saturated heterocycles. The number of primary amides is 1. The van der Waals surface area contributed by atoms with E-state index in [2.05, 4.69) is 26.1 Å². The number of carbonyl (C=O) groups excluding carboxylic acids is 1. The van der Waals surface area contributed by atoms with E-state index in [1.807, 2.05) is 19.2 Å². The number of anilines is 1. The molecule has 0 saturated carbocycles. The minimum atomic E-state index is -0.391. The first-order valence-electron chi connectivity index (χ1n) is 6.12. The summed E-state index contributed by atoms with van der Waals surface area (Å²) in [7, 11) is 2.00. The van der Waals surface area contributed by atoms with Crippen molar-refractivity contribution < 1.29 is 4.79 Å². The van der Waals surface area contributed by atoms with Crippen LogP contribution in [0.1, 0.15) is 23.2 Å². The number of carbonyl (C=O) groups is 1. The van der Waals surface area contributed by atoms with Gasteiger partial charge in [-0.05, 0) is 37.6 Å². The number of hydrogen-bond acceptors (Lipinski definition) is 3. The Morgan fingerprint density at radius 3 is 3.00 bits per heavy atom. The highest BCUT2D eigenvalue weighted by molar-refractivity contribution is 9.10. The average molecular weight is 312 g/mol. The van der Waals surface area contributed by atoms with Gasteiger partial charge in [-0.3, -0.25) is 4.79 Å². The Kier molecular flexibility index (Phi) is 4.24. The monoisotopic (exact) mass is 311 g/mol. The van der Waals surface area contributed by atoms with Crippen molar-refractivity contribution in [2.24, 2.45) is 5.73 Å². The Balaban J connectivity index is 2.17. The lowest BCUT2D eigenvalue weighted by atomic mass is 10.1. The molecule has 2 rings (SSSR count). The van der Waals surface area contributed by atoms with Crippen LogP contribution in [0.3, 0.4) is 0 Å². The molecular weight excluding hydrogens is 294 g/mol. The number of hydrogen-bond donors (Lipinski definition) is 2. The smallest absolute Gasteiger partial charge is 0.250 e. The predicted octanol–water partition coefficient (Wildman–Crippen LogP) is 1.74. The van der Waals surface area contributed by atoms with Gasteiger partial charge in [0.2, 0.25) is 0 Å². The molecule has 4 nitrogen and oxygen atoms in total. The fourth-order valence-electron chi connectivity index (χ4n) is 2.38. The number of likely N-dealkylation sites (N-methyl/N-ethyl adjacent to an activating group) is 1. The van der Waals surface area contributed by atoms with E-state index in [4.69, 9.17) is 5.73 Å². The van der Waals surface area contributed by atoms with Crippen LogP contribution in [0.2, 0.25) is 0 Å². The van der Waals surface area contributed by atoms with Crippen molar-refractivity contribution in [2.75, 3.05) is 25.0 Å². The lowest BCUT2D eigenvalue weighted by Gasteiger charge is -2.25. The number of rotatable bonds is 4. The van der Waals surface area contributed by atoms with Gasteiger partial charge in [0, 0.05) is 29.8 Å². The third-order valence-corrected chi connectivity index (χ3v) is 3.79. The Labute approximate surface area is 116 Å². The van der Waals surface area contributed by atoms with Gasteiger partial charge < -0.3 is 16.0 Å². The molecule has 1 aromatic carbocycles. The maximum absolute atomic E-state index is 11.5. The molecule has 5 heteroatoms. The zero-order valence-electron chi connectivity index (χ0n) is 10.4. The third-order valence-electron chi connectivity index (χ3n) is 3.29. The molecule has 98 valence electrons. The fourth-order valence-corrected chi connectivity index (χ4v) is 2.74. The van der Waals surface area contributed by atoms with Crippen LogP contribution in [0.5, 0.6) is 0 Å². The molecule has 1 heterocycles. The van der Waals surface area contributed by atoms with E-state index in [1.165, 1.54) is 12.8 Å². The van der Waals surface area contributed by atoms with Gasteiger partial charge in [0.25, 0.3) is 5.91 Å². The molecule has 1 atom stereocenters. The summed E-state index contributed by atoms with van der Waals surface area (Å²) in [6, 6.07) is 6.13. The number of amides is 1. The van der Waals surface area contributed by atoms with Crippen LogP contribution < -0.4 is 16.0 Å². The molecule has 1 aromatic rings. The van der Waals surface area contributed by atoms with E-state index in [0.29, 0.717) is 11.6 Å². The summed E-state index contributed by atoms with van der Waals surface area (Å²) in [5, 5.41) is 3.45. The molecule has 1 unspecified atom stereocenters. The van der Waals surface area contributed by atoms with Gasteiger partial charge in [-0.25, -0.2) is 0 Å². The van der Waals surface area contributed by atoms with Crippen LogP contribution in [0.25, 0.3) is 0 Å². The van der Waals surface area contributed by atoms with Gasteiger partial charge in [0.1, 0.15) is 0 Å². The highest BCUT2D eigenvalue weighted by atomic mass is 79.9. The molecule has 1 aliphatic rings. The second-order valence-corrected chi connectivity index (χ2v) is 5.62. The molecule has 1 fully saturated rings. The second-order valence-electron chi connectivity index (χ2n) is 4.70. The summed E-state index contributed by atoms with van der Waals surface area (Å²) in [6.07, 6.45) is 2.41. The summed E-state index contributed by atoms with van der Waals surface area (Å²) < 4.78 is 0.868. The quantitative estimate of drug-likeness (QED) is 0.890. The van der Waals surface area contributed by atoms with Crippen LogP contribution in [0.15, 0.2) is 22.7 Å². The lowest BCUT2D eigenvalue weighted by Crippen LogP contribution is -2.36. The second kappa shape index (κ2) is 5.71. The minimum absolute atomic E-state index is 0.391. The van der Waals surface area contributed by atoms with Crippen molar-refractivity contribution in [1.82, 2.24) is 5.32 Å². The first kappa shape index (κ1) is 13.4. The maximum atomic E-state index is 11.5. The highest BCUT2D eigenvalue weighted by Crippen LogP contribution is 2.24. The molecular formula is C13H18BrN3O. The molecule has 0 aliphatic carbocycles. The van der Waals surface area contributed by atoms with Gasteiger partial charge in [-0.1, -0.05) is 15.9 Å². The molecule has 3 N–H and O–H groups in total. The normalized spacial score (nSPS) is 18.9. The van der Waals surface area contributed by atoms with Crippen molar-refractivity contribution in [2.45, 2.75) is 18.9 Å². The number of nitrogens with one attached hydrogen (secondary N) is 1. The minimum Gasteiger partial charge on any atom is -0.372 e. The van der Waals surface area contributed by atoms with Crippen LogP contribution in [0, 0.1) is 0 Å². The van der Waals surface area contributed by atoms with Crippen molar-refractivity contribution in [3.05, 3.63) is 28.2 Å². The van der Waals surface area contributed by atoms with Gasteiger partial charge in [-0.15, -0.1) is 0 Å². The number of benzene rings is 1. The van der Waals surface area contributed by atoms with Gasteiger partial charge in [0.05, 0.1) is 5.56 Å². The summed E-state index contributed by atoms with van der Waals surface area (Å²) in [6.45, 7) is 1.98. The van der Waals surface area contributed by atoms with Crippen molar-refractivity contribution in [3.63, 3.8) is 0 Å². The number of halogens is 1. The molecule has 0 spiro atoms. The zero-order valence-corrected chi connectivity index (χ0v) is 12.0. The predicted molar refractivity (Wildman–Crippen MR) is 77.0 cm³/mol. The third kappa shape index (κ3) is 3.03. The first-order chi connectivity index (χ1) is 8.58. The van der Waals surface area contributed by atoms with E-state index < -0.39 is 5.91 Å². The Morgan fingerprint density at radius 2 is 2.39 bits per heavy atom. The van der Waals surface area contributed by atoms with Crippen LogP contribution in [-0.4, -0.2) is 32.1 Å². The van der Waals surface area contributed by atoms with E-state index in [-0.39, 0.29) is 0 Å². The van der Waals surface area contributed by atoms with Gasteiger partial charge in [0.15, 0.2) is 0 Å². The molecule has 0 radical (unpaired) electrons. The van der Waals surface area contributed by atoms with Crippen molar-refractivity contribution >= 4 is 27.5 Å². The fraction of sp³-hybridized carbons (Fsp3) is 0.462. The van der Waals surface area contributed by atoms with Crippen molar-refractivity contribution in [1.29, 1.82) is 0 Å². The summed E-state index contributed by atoms with van der Waals surface area (Å²) in [5.74, 6) is -0.391. The summed E-state index contributed by atoms with van der Waals surface area (Å²) >= 11 is 3.36. The standard InChI is InChI=1S/C13H18BrN3O/c1-17(8-10-3-2-6-16-10)12-5-4-9(14)7-11(12)13(15)18/h4-5,7,10,16H,2-3,6,8H2,1H3,(H2,15,18). The van der Waals surface area contributed by atoms with Crippen LogP contribution in [-0.2, 0) is 0 Å². The Bertz CT molecular complexity index is 444. The zero-order chi connectivity index (χ0) is 13.1. The van der Waals surface area contributed by atoms with E-state index in [0.717, 1.165) is 23.2 Å². The SMILES string of the molecule is CN(CC1CCCN1)c1ccc(Br)cc1C(N)=O.